The fourth-order valence-electron chi connectivity index (χ4n) is 1.38. The van der Waals surface area contributed by atoms with Crippen LogP contribution in [0, 0.1) is 11.6 Å². The summed E-state index contributed by atoms with van der Waals surface area (Å²) in [6, 6.07) is 6.50. The average molecular weight is 299 g/mol. The Morgan fingerprint density at radius 3 is 2.75 bits per heavy atom. The zero-order chi connectivity index (χ0) is 14.5. The van der Waals surface area contributed by atoms with Gasteiger partial charge in [0.1, 0.15) is 5.88 Å². The summed E-state index contributed by atoms with van der Waals surface area (Å²) in [4.78, 5) is 14.9. The summed E-state index contributed by atoms with van der Waals surface area (Å²) in [5.74, 6) is -2.85. The van der Waals surface area contributed by atoms with E-state index in [-0.39, 0.29) is 23.4 Å². The molecule has 4 nitrogen and oxygen atoms in total. The van der Waals surface area contributed by atoms with Crippen molar-refractivity contribution in [3.63, 3.8) is 0 Å². The quantitative estimate of drug-likeness (QED) is 0.881. The number of rotatable bonds is 4. The summed E-state index contributed by atoms with van der Waals surface area (Å²) >= 11 is 5.34. The first-order valence-corrected chi connectivity index (χ1v) is 6.07. The Hall–Kier alpha value is -2.21. The minimum Gasteiger partial charge on any atom is -0.436 e. The second-order valence-corrected chi connectivity index (χ2v) is 3.99. The number of hydrogen-bond acceptors (Lipinski definition) is 3. The maximum absolute atomic E-state index is 13.4. The standard InChI is InChI=1S/C13H9ClF2N2O2/c14-6-11(19)18-8-4-5-12(17-7-8)20-10-3-1-2-9(15)13(10)16/h1-5,7H,6H2,(H,18,19). The van der Waals surface area contributed by atoms with Crippen LogP contribution < -0.4 is 10.1 Å². The minimum absolute atomic E-state index is 0.0679. The van der Waals surface area contributed by atoms with Crippen molar-refractivity contribution in [1.82, 2.24) is 4.98 Å². The highest BCUT2D eigenvalue weighted by Crippen LogP contribution is 2.24. The Morgan fingerprint density at radius 2 is 2.10 bits per heavy atom. The number of halogens is 3. The van der Waals surface area contributed by atoms with Crippen molar-refractivity contribution in [1.29, 1.82) is 0 Å². The molecule has 1 aromatic heterocycles. The predicted octanol–water partition coefficient (Wildman–Crippen LogP) is 3.33. The Kier molecular flexibility index (Phi) is 4.47. The Labute approximate surface area is 118 Å². The van der Waals surface area contributed by atoms with E-state index < -0.39 is 11.6 Å². The molecule has 1 aromatic carbocycles. The molecule has 0 unspecified atom stereocenters. The summed E-state index contributed by atoms with van der Waals surface area (Å²) in [7, 11) is 0. The van der Waals surface area contributed by atoms with Crippen molar-refractivity contribution < 1.29 is 18.3 Å². The van der Waals surface area contributed by atoms with Gasteiger partial charge in [-0.15, -0.1) is 11.6 Å². The molecule has 1 N–H and O–H groups in total. The SMILES string of the molecule is O=C(CCl)Nc1ccc(Oc2cccc(F)c2F)nc1. The van der Waals surface area contributed by atoms with Gasteiger partial charge in [-0.1, -0.05) is 6.07 Å². The molecule has 0 spiro atoms. The molecule has 1 heterocycles. The number of nitrogens with one attached hydrogen (secondary N) is 1. The predicted molar refractivity (Wildman–Crippen MR) is 70.0 cm³/mol. The molecule has 0 saturated carbocycles. The molecule has 0 fully saturated rings. The molecular formula is C13H9ClF2N2O2. The van der Waals surface area contributed by atoms with Crippen LogP contribution in [-0.4, -0.2) is 16.8 Å². The minimum atomic E-state index is -1.09. The van der Waals surface area contributed by atoms with Gasteiger partial charge in [0.2, 0.25) is 17.6 Å². The smallest absolute Gasteiger partial charge is 0.239 e. The highest BCUT2D eigenvalue weighted by Gasteiger charge is 2.10. The summed E-state index contributed by atoms with van der Waals surface area (Å²) < 4.78 is 31.5. The van der Waals surface area contributed by atoms with E-state index in [0.29, 0.717) is 5.69 Å². The lowest BCUT2D eigenvalue weighted by atomic mass is 10.3. The molecule has 7 heteroatoms. The van der Waals surface area contributed by atoms with Gasteiger partial charge < -0.3 is 10.1 Å². The van der Waals surface area contributed by atoms with Gasteiger partial charge in [-0.2, -0.15) is 4.39 Å². The third-order valence-electron chi connectivity index (χ3n) is 2.27. The number of carbonyl (C=O) groups is 1. The number of amides is 1. The zero-order valence-corrected chi connectivity index (χ0v) is 10.8. The average Bonchev–Trinajstić information content (AvgIpc) is 2.46. The number of anilines is 1. The summed E-state index contributed by atoms with van der Waals surface area (Å²) in [6.07, 6.45) is 1.32. The third kappa shape index (κ3) is 3.42. The van der Waals surface area contributed by atoms with Crippen LogP contribution in [0.15, 0.2) is 36.5 Å². The molecule has 0 atom stereocenters. The molecule has 2 rings (SSSR count). The second kappa shape index (κ2) is 6.29. The van der Waals surface area contributed by atoms with E-state index in [0.717, 1.165) is 6.07 Å². The van der Waals surface area contributed by atoms with Crippen LogP contribution in [0.2, 0.25) is 0 Å². The molecule has 0 aliphatic heterocycles. The zero-order valence-electron chi connectivity index (χ0n) is 10.1. The Balaban J connectivity index is 2.11. The van der Waals surface area contributed by atoms with E-state index in [1.165, 1.54) is 30.5 Å². The Bertz CT molecular complexity index is 620. The van der Waals surface area contributed by atoms with Gasteiger partial charge in [0.25, 0.3) is 0 Å². The number of benzene rings is 1. The maximum atomic E-state index is 13.4. The molecule has 0 radical (unpaired) electrons. The Morgan fingerprint density at radius 1 is 1.30 bits per heavy atom. The molecule has 0 saturated heterocycles. The fraction of sp³-hybridized carbons (Fsp3) is 0.0769. The van der Waals surface area contributed by atoms with E-state index in [4.69, 9.17) is 16.3 Å². The van der Waals surface area contributed by atoms with Crippen molar-refractivity contribution >= 4 is 23.2 Å². The van der Waals surface area contributed by atoms with Crippen LogP contribution in [0.5, 0.6) is 11.6 Å². The van der Waals surface area contributed by atoms with Crippen molar-refractivity contribution in [2.45, 2.75) is 0 Å². The lowest BCUT2D eigenvalue weighted by Gasteiger charge is -2.07. The number of hydrogen-bond donors (Lipinski definition) is 1. The summed E-state index contributed by atoms with van der Waals surface area (Å²) in [5.41, 5.74) is 0.419. The van der Waals surface area contributed by atoms with Crippen LogP contribution >= 0.6 is 11.6 Å². The summed E-state index contributed by atoms with van der Waals surface area (Å²) in [6.45, 7) is 0. The van der Waals surface area contributed by atoms with Gasteiger partial charge in [-0.25, -0.2) is 9.37 Å². The monoisotopic (exact) mass is 298 g/mol. The van der Waals surface area contributed by atoms with Crippen LogP contribution in [0.1, 0.15) is 0 Å². The van der Waals surface area contributed by atoms with Gasteiger partial charge in [0.15, 0.2) is 11.6 Å². The number of nitrogens with zero attached hydrogens (tertiary/aromatic N) is 1. The fourth-order valence-corrected chi connectivity index (χ4v) is 1.45. The number of alkyl halides is 1. The third-order valence-corrected chi connectivity index (χ3v) is 2.51. The van der Waals surface area contributed by atoms with Gasteiger partial charge in [-0.3, -0.25) is 4.79 Å². The number of pyridine rings is 1. The van der Waals surface area contributed by atoms with Crippen molar-refractivity contribution in [2.75, 3.05) is 11.2 Å². The number of aromatic nitrogens is 1. The molecule has 2 aromatic rings. The first-order chi connectivity index (χ1) is 9.60. The van der Waals surface area contributed by atoms with Crippen LogP contribution in [0.3, 0.4) is 0 Å². The van der Waals surface area contributed by atoms with Gasteiger partial charge in [-0.05, 0) is 18.2 Å². The van der Waals surface area contributed by atoms with Gasteiger partial charge >= 0.3 is 0 Å². The number of ether oxygens (including phenoxy) is 1. The molecular weight excluding hydrogens is 290 g/mol. The van der Waals surface area contributed by atoms with Crippen LogP contribution in [0.4, 0.5) is 14.5 Å². The molecule has 0 aliphatic carbocycles. The van der Waals surface area contributed by atoms with Crippen LogP contribution in [0.25, 0.3) is 0 Å². The van der Waals surface area contributed by atoms with Crippen molar-refractivity contribution in [2.24, 2.45) is 0 Å². The van der Waals surface area contributed by atoms with E-state index >= 15 is 0 Å². The van der Waals surface area contributed by atoms with E-state index in [1.54, 1.807) is 0 Å². The van der Waals surface area contributed by atoms with E-state index in [1.807, 2.05) is 0 Å². The highest BCUT2D eigenvalue weighted by atomic mass is 35.5. The topological polar surface area (TPSA) is 51.2 Å². The number of carbonyl (C=O) groups excluding carboxylic acids is 1. The second-order valence-electron chi connectivity index (χ2n) is 3.72. The lowest BCUT2D eigenvalue weighted by Crippen LogP contribution is -2.12. The normalized spacial score (nSPS) is 10.2. The van der Waals surface area contributed by atoms with Crippen molar-refractivity contribution in [3.8, 4) is 11.6 Å². The van der Waals surface area contributed by atoms with Crippen molar-refractivity contribution in [3.05, 3.63) is 48.2 Å². The summed E-state index contributed by atoms with van der Waals surface area (Å²) in [5, 5.41) is 2.48. The van der Waals surface area contributed by atoms with E-state index in [9.17, 15) is 13.6 Å². The first kappa shape index (κ1) is 14.2. The molecule has 0 aliphatic rings. The molecule has 1 amide bonds. The molecule has 0 bridgehead atoms. The lowest BCUT2D eigenvalue weighted by molar-refractivity contribution is -0.113. The molecule has 104 valence electrons. The van der Waals surface area contributed by atoms with E-state index in [2.05, 4.69) is 10.3 Å². The van der Waals surface area contributed by atoms with Crippen LogP contribution in [-0.2, 0) is 4.79 Å². The first-order valence-electron chi connectivity index (χ1n) is 5.54. The highest BCUT2D eigenvalue weighted by molar-refractivity contribution is 6.29. The van der Waals surface area contributed by atoms with Gasteiger partial charge in [0, 0.05) is 6.07 Å². The van der Waals surface area contributed by atoms with Gasteiger partial charge in [0.05, 0.1) is 11.9 Å². The largest absolute Gasteiger partial charge is 0.436 e. The maximum Gasteiger partial charge on any atom is 0.239 e. The molecule has 20 heavy (non-hydrogen) atoms.